The maximum absolute atomic E-state index is 10.8. The molecule has 0 amide bonds. The number of hydrogen-bond donors (Lipinski definition) is 0. The molecule has 0 bridgehead atoms. The van der Waals surface area contributed by atoms with Gasteiger partial charge in [-0.2, -0.15) is 0 Å². The van der Waals surface area contributed by atoms with Crippen LogP contribution >= 0.6 is 0 Å². The Balaban J connectivity index is 2.77. The van der Waals surface area contributed by atoms with Gasteiger partial charge in [-0.15, -0.1) is 0 Å². The highest BCUT2D eigenvalue weighted by molar-refractivity contribution is 5.97. The first-order valence-corrected chi connectivity index (χ1v) is 4.28. The lowest BCUT2D eigenvalue weighted by Gasteiger charge is -1.97. The number of methoxy groups -OCH3 is 1. The number of benzene rings is 1. The van der Waals surface area contributed by atoms with E-state index in [0.717, 1.165) is 17.4 Å². The number of furan rings is 1. The molecule has 1 aromatic carbocycles. The predicted molar refractivity (Wildman–Crippen MR) is 52.9 cm³/mol. The summed E-state index contributed by atoms with van der Waals surface area (Å²) in [7, 11) is 1.59. The third kappa shape index (κ3) is 1.18. The number of carbonyl (C=O) groups is 1. The lowest BCUT2D eigenvalue weighted by atomic mass is 10.1. The zero-order valence-electron chi connectivity index (χ0n) is 8.03. The summed E-state index contributed by atoms with van der Waals surface area (Å²) in [6.45, 7) is 1.77. The fourth-order valence-corrected chi connectivity index (χ4v) is 1.49. The Labute approximate surface area is 81.3 Å². The molecule has 1 heterocycles. The Morgan fingerprint density at radius 3 is 2.86 bits per heavy atom. The van der Waals surface area contributed by atoms with Gasteiger partial charge in [0.2, 0.25) is 0 Å². The van der Waals surface area contributed by atoms with Crippen LogP contribution in [0.2, 0.25) is 0 Å². The lowest BCUT2D eigenvalue weighted by Crippen LogP contribution is -1.83. The van der Waals surface area contributed by atoms with Crippen LogP contribution in [0.1, 0.15) is 16.1 Å². The molecule has 2 rings (SSSR count). The largest absolute Gasteiger partial charge is 0.497 e. The van der Waals surface area contributed by atoms with Crippen molar-refractivity contribution in [2.24, 2.45) is 0 Å². The van der Waals surface area contributed by atoms with Crippen LogP contribution in [0.15, 0.2) is 22.6 Å². The Morgan fingerprint density at radius 1 is 1.43 bits per heavy atom. The summed E-state index contributed by atoms with van der Waals surface area (Å²) in [6, 6.07) is 5.41. The molecule has 3 heteroatoms. The first-order chi connectivity index (χ1) is 6.76. The summed E-state index contributed by atoms with van der Waals surface area (Å²) < 4.78 is 10.5. The average molecular weight is 190 g/mol. The van der Waals surface area contributed by atoms with E-state index in [1.807, 2.05) is 0 Å². The van der Waals surface area contributed by atoms with Crippen molar-refractivity contribution in [3.05, 3.63) is 29.5 Å². The van der Waals surface area contributed by atoms with E-state index in [-0.39, 0.29) is 0 Å². The molecule has 0 spiro atoms. The monoisotopic (exact) mass is 190 g/mol. The summed E-state index contributed by atoms with van der Waals surface area (Å²) >= 11 is 0. The second kappa shape index (κ2) is 3.18. The highest BCUT2D eigenvalue weighted by Crippen LogP contribution is 2.27. The van der Waals surface area contributed by atoms with E-state index >= 15 is 0 Å². The summed E-state index contributed by atoms with van der Waals surface area (Å²) in [4.78, 5) is 10.8. The van der Waals surface area contributed by atoms with E-state index < -0.39 is 0 Å². The van der Waals surface area contributed by atoms with Crippen LogP contribution in [0, 0.1) is 6.92 Å². The molecule has 0 saturated carbocycles. The summed E-state index contributed by atoms with van der Waals surface area (Å²) in [5.74, 6) is 1.37. The van der Waals surface area contributed by atoms with Crippen LogP contribution in [0.5, 0.6) is 5.75 Å². The Kier molecular flexibility index (Phi) is 2.00. The minimum Gasteiger partial charge on any atom is -0.497 e. The van der Waals surface area contributed by atoms with Crippen molar-refractivity contribution in [3.63, 3.8) is 0 Å². The zero-order chi connectivity index (χ0) is 10.1. The standard InChI is InChI=1S/C11H10O3/c1-7-10(6-12)9-5-8(13-2)3-4-11(9)14-7/h3-6H,1-2H3. The summed E-state index contributed by atoms with van der Waals surface area (Å²) in [5, 5.41) is 0.803. The minimum atomic E-state index is 0.596. The van der Waals surface area contributed by atoms with Crippen LogP contribution in [0.3, 0.4) is 0 Å². The van der Waals surface area contributed by atoms with Gasteiger partial charge in [-0.05, 0) is 25.1 Å². The molecule has 14 heavy (non-hydrogen) atoms. The molecule has 0 aliphatic heterocycles. The van der Waals surface area contributed by atoms with Crippen LogP contribution in [0.4, 0.5) is 0 Å². The number of fused-ring (bicyclic) bond motifs is 1. The fraction of sp³-hybridized carbons (Fsp3) is 0.182. The maximum atomic E-state index is 10.8. The number of carbonyl (C=O) groups excluding carboxylic acids is 1. The van der Waals surface area contributed by atoms with Crippen molar-refractivity contribution < 1.29 is 13.9 Å². The third-order valence-electron chi connectivity index (χ3n) is 2.24. The van der Waals surface area contributed by atoms with E-state index in [0.29, 0.717) is 16.9 Å². The normalized spacial score (nSPS) is 10.4. The molecular weight excluding hydrogens is 180 g/mol. The van der Waals surface area contributed by atoms with Gasteiger partial charge >= 0.3 is 0 Å². The maximum Gasteiger partial charge on any atom is 0.154 e. The molecule has 0 saturated heterocycles. The smallest absolute Gasteiger partial charge is 0.154 e. The molecule has 0 fully saturated rings. The highest BCUT2D eigenvalue weighted by atomic mass is 16.5. The van der Waals surface area contributed by atoms with E-state index in [9.17, 15) is 4.79 Å². The van der Waals surface area contributed by atoms with E-state index in [2.05, 4.69) is 0 Å². The topological polar surface area (TPSA) is 39.4 Å². The van der Waals surface area contributed by atoms with Crippen molar-refractivity contribution in [2.45, 2.75) is 6.92 Å². The Morgan fingerprint density at radius 2 is 2.21 bits per heavy atom. The van der Waals surface area contributed by atoms with Gasteiger partial charge in [0.25, 0.3) is 0 Å². The van der Waals surface area contributed by atoms with E-state index in [4.69, 9.17) is 9.15 Å². The van der Waals surface area contributed by atoms with E-state index in [1.165, 1.54) is 0 Å². The van der Waals surface area contributed by atoms with Gasteiger partial charge in [-0.3, -0.25) is 4.79 Å². The van der Waals surface area contributed by atoms with Gasteiger partial charge in [-0.25, -0.2) is 0 Å². The van der Waals surface area contributed by atoms with Crippen LogP contribution in [-0.4, -0.2) is 13.4 Å². The summed E-state index contributed by atoms with van der Waals surface area (Å²) in [5.41, 5.74) is 1.31. The number of aldehydes is 1. The van der Waals surface area contributed by atoms with Crippen LogP contribution in [-0.2, 0) is 0 Å². The minimum absolute atomic E-state index is 0.596. The van der Waals surface area contributed by atoms with Crippen molar-refractivity contribution in [2.75, 3.05) is 7.11 Å². The quantitative estimate of drug-likeness (QED) is 0.683. The van der Waals surface area contributed by atoms with Crippen LogP contribution in [0.25, 0.3) is 11.0 Å². The van der Waals surface area contributed by atoms with Gasteiger partial charge in [0.15, 0.2) is 6.29 Å². The number of rotatable bonds is 2. The van der Waals surface area contributed by atoms with Gasteiger partial charge in [0.05, 0.1) is 12.7 Å². The van der Waals surface area contributed by atoms with E-state index in [1.54, 1.807) is 32.2 Å². The second-order valence-corrected chi connectivity index (χ2v) is 3.05. The average Bonchev–Trinajstić information content (AvgIpc) is 2.52. The second-order valence-electron chi connectivity index (χ2n) is 3.05. The molecule has 0 aliphatic carbocycles. The summed E-state index contributed by atoms with van der Waals surface area (Å²) in [6.07, 6.45) is 0.806. The molecule has 1 aromatic heterocycles. The molecule has 72 valence electrons. The van der Waals surface area contributed by atoms with Crippen molar-refractivity contribution in [1.82, 2.24) is 0 Å². The third-order valence-corrected chi connectivity index (χ3v) is 2.24. The molecule has 0 radical (unpaired) electrons. The van der Waals surface area contributed by atoms with Gasteiger partial charge in [-0.1, -0.05) is 0 Å². The molecule has 0 atom stereocenters. The number of hydrogen-bond acceptors (Lipinski definition) is 3. The molecule has 2 aromatic rings. The SMILES string of the molecule is COc1ccc2oc(C)c(C=O)c2c1. The van der Waals surface area contributed by atoms with Crippen molar-refractivity contribution in [3.8, 4) is 5.75 Å². The van der Waals surface area contributed by atoms with Gasteiger partial charge in [0.1, 0.15) is 17.1 Å². The van der Waals surface area contributed by atoms with Crippen LogP contribution < -0.4 is 4.74 Å². The Bertz CT molecular complexity index is 482. The lowest BCUT2D eigenvalue weighted by molar-refractivity contribution is 0.112. The van der Waals surface area contributed by atoms with Gasteiger partial charge < -0.3 is 9.15 Å². The number of ether oxygens (including phenoxy) is 1. The Hall–Kier alpha value is -1.77. The van der Waals surface area contributed by atoms with Crippen molar-refractivity contribution >= 4 is 17.3 Å². The number of aryl methyl sites for hydroxylation is 1. The fourth-order valence-electron chi connectivity index (χ4n) is 1.49. The first kappa shape index (κ1) is 8.81. The van der Waals surface area contributed by atoms with Gasteiger partial charge in [0, 0.05) is 5.39 Å². The molecule has 3 nitrogen and oxygen atoms in total. The highest BCUT2D eigenvalue weighted by Gasteiger charge is 2.10. The first-order valence-electron chi connectivity index (χ1n) is 4.28. The zero-order valence-corrected chi connectivity index (χ0v) is 8.03. The molecule has 0 aliphatic rings. The predicted octanol–water partition coefficient (Wildman–Crippen LogP) is 2.56. The molecular formula is C11H10O3. The molecule has 0 unspecified atom stereocenters. The van der Waals surface area contributed by atoms with Crippen molar-refractivity contribution in [1.29, 1.82) is 0 Å². The molecule has 0 N–H and O–H groups in total.